The van der Waals surface area contributed by atoms with E-state index in [1.54, 1.807) is 0 Å². The number of imidazole rings is 1. The molecule has 1 aliphatic carbocycles. The molecule has 2 aromatic rings. The maximum atomic E-state index is 4.90. The van der Waals surface area contributed by atoms with Crippen LogP contribution in [0.4, 0.5) is 0 Å². The molecule has 0 unspecified atom stereocenters. The van der Waals surface area contributed by atoms with Crippen molar-refractivity contribution in [2.45, 2.75) is 45.4 Å². The molecule has 1 N–H and O–H groups in total. The van der Waals surface area contributed by atoms with E-state index < -0.39 is 0 Å². The maximum absolute atomic E-state index is 4.90. The molecule has 2 fully saturated rings. The van der Waals surface area contributed by atoms with Crippen LogP contribution in [-0.4, -0.2) is 46.4 Å². The molecule has 0 bridgehead atoms. The molecule has 2 aromatic heterocycles. The van der Waals surface area contributed by atoms with Gasteiger partial charge in [0.25, 0.3) is 0 Å². The number of fused-ring (bicyclic) bond motifs is 1. The van der Waals surface area contributed by atoms with Crippen LogP contribution in [-0.2, 0) is 6.42 Å². The molecule has 0 amide bonds. The lowest BCUT2D eigenvalue weighted by Gasteiger charge is -2.25. The highest BCUT2D eigenvalue weighted by molar-refractivity contribution is 5.80. The fourth-order valence-corrected chi connectivity index (χ4v) is 4.46. The third-order valence-electron chi connectivity index (χ3n) is 5.78. The zero-order valence-corrected chi connectivity index (χ0v) is 15.2. The zero-order valence-electron chi connectivity index (χ0n) is 15.2. The van der Waals surface area contributed by atoms with E-state index in [-0.39, 0.29) is 0 Å². The smallest absolute Gasteiger partial charge is 0.193 e. The highest BCUT2D eigenvalue weighted by Crippen LogP contribution is 2.45. The zero-order chi connectivity index (χ0) is 17.1. The van der Waals surface area contributed by atoms with Crippen molar-refractivity contribution in [3.8, 4) is 0 Å². The Morgan fingerprint density at radius 2 is 2.16 bits per heavy atom. The Hall–Kier alpha value is -2.04. The summed E-state index contributed by atoms with van der Waals surface area (Å²) in [5, 5.41) is 3.49. The first-order chi connectivity index (χ1) is 12.3. The molecule has 5 nitrogen and oxygen atoms in total. The molecule has 3 heterocycles. The summed E-state index contributed by atoms with van der Waals surface area (Å²) in [7, 11) is 0. The van der Waals surface area contributed by atoms with E-state index in [0.717, 1.165) is 43.4 Å². The molecule has 2 aliphatic rings. The van der Waals surface area contributed by atoms with Crippen molar-refractivity contribution in [2.24, 2.45) is 10.4 Å². The highest BCUT2D eigenvalue weighted by atomic mass is 15.3. The van der Waals surface area contributed by atoms with Crippen molar-refractivity contribution < 1.29 is 0 Å². The number of nitrogens with one attached hydrogen (secondary N) is 1. The minimum atomic E-state index is 0.581. The predicted octanol–water partition coefficient (Wildman–Crippen LogP) is 3.11. The van der Waals surface area contributed by atoms with Crippen LogP contribution >= 0.6 is 0 Å². The molecule has 1 saturated heterocycles. The summed E-state index contributed by atoms with van der Waals surface area (Å²) in [6.45, 7) is 6.21. The van der Waals surface area contributed by atoms with Crippen LogP contribution in [0.25, 0.3) is 5.65 Å². The highest BCUT2D eigenvalue weighted by Gasteiger charge is 2.41. The summed E-state index contributed by atoms with van der Waals surface area (Å²) in [5.41, 5.74) is 2.70. The number of hydrogen-bond donors (Lipinski definition) is 1. The molecule has 25 heavy (non-hydrogen) atoms. The normalized spacial score (nSPS) is 20.0. The summed E-state index contributed by atoms with van der Waals surface area (Å²) in [4.78, 5) is 12.1. The van der Waals surface area contributed by atoms with Crippen molar-refractivity contribution in [3.05, 3.63) is 36.3 Å². The van der Waals surface area contributed by atoms with Gasteiger partial charge in [0.05, 0.1) is 5.69 Å². The summed E-state index contributed by atoms with van der Waals surface area (Å²) in [6, 6.07) is 6.11. The SMILES string of the molecule is CCNC(=NCCc1cn2ccccc2n1)N1CCC2(CCCC2)C1. The number of guanidine groups is 1. The Kier molecular flexibility index (Phi) is 4.64. The molecule has 1 saturated carbocycles. The first-order valence-corrected chi connectivity index (χ1v) is 9.74. The lowest BCUT2D eigenvalue weighted by Crippen LogP contribution is -2.41. The first-order valence-electron chi connectivity index (χ1n) is 9.74. The van der Waals surface area contributed by atoms with Gasteiger partial charge in [-0.3, -0.25) is 4.99 Å². The Bertz CT molecular complexity index is 708. The van der Waals surface area contributed by atoms with Gasteiger partial charge in [-0.05, 0) is 43.7 Å². The number of aliphatic imine (C=N–C) groups is 1. The van der Waals surface area contributed by atoms with Crippen molar-refractivity contribution >= 4 is 11.6 Å². The fraction of sp³-hybridized carbons (Fsp3) is 0.600. The molecule has 1 aliphatic heterocycles. The number of likely N-dealkylation sites (tertiary alicyclic amines) is 1. The van der Waals surface area contributed by atoms with Crippen LogP contribution in [0.5, 0.6) is 0 Å². The molecular weight excluding hydrogens is 310 g/mol. The van der Waals surface area contributed by atoms with Crippen LogP contribution < -0.4 is 5.32 Å². The number of nitrogens with zero attached hydrogens (tertiary/aromatic N) is 4. The van der Waals surface area contributed by atoms with Gasteiger partial charge < -0.3 is 14.6 Å². The number of aromatic nitrogens is 2. The molecule has 5 heteroatoms. The molecule has 134 valence electrons. The van der Waals surface area contributed by atoms with E-state index in [4.69, 9.17) is 4.99 Å². The average molecular weight is 339 g/mol. The van der Waals surface area contributed by atoms with Gasteiger partial charge in [0.1, 0.15) is 5.65 Å². The predicted molar refractivity (Wildman–Crippen MR) is 102 cm³/mol. The quantitative estimate of drug-likeness (QED) is 0.688. The van der Waals surface area contributed by atoms with E-state index in [9.17, 15) is 0 Å². The van der Waals surface area contributed by atoms with Crippen LogP contribution in [0.3, 0.4) is 0 Å². The monoisotopic (exact) mass is 339 g/mol. The summed E-state index contributed by atoms with van der Waals surface area (Å²) >= 11 is 0. The van der Waals surface area contributed by atoms with Crippen molar-refractivity contribution in [2.75, 3.05) is 26.2 Å². The van der Waals surface area contributed by atoms with E-state index in [0.29, 0.717) is 5.41 Å². The summed E-state index contributed by atoms with van der Waals surface area (Å²) in [6.07, 6.45) is 12.0. The third-order valence-corrected chi connectivity index (χ3v) is 5.78. The Balaban J connectivity index is 1.40. The summed E-state index contributed by atoms with van der Waals surface area (Å²) in [5.74, 6) is 1.09. The molecule has 0 atom stereocenters. The van der Waals surface area contributed by atoms with Gasteiger partial charge >= 0.3 is 0 Å². The second-order valence-electron chi connectivity index (χ2n) is 7.56. The largest absolute Gasteiger partial charge is 0.357 e. The van der Waals surface area contributed by atoms with Gasteiger partial charge in [-0.25, -0.2) is 4.98 Å². The molecule has 0 radical (unpaired) electrons. The minimum absolute atomic E-state index is 0.581. The second-order valence-corrected chi connectivity index (χ2v) is 7.56. The standard InChI is InChI=1S/C20H29N5/c1-2-21-19(25-14-11-20(16-25)9-4-5-10-20)22-12-8-17-15-24-13-6-3-7-18(24)23-17/h3,6-7,13,15H,2,4-5,8-12,14,16H2,1H3,(H,21,22). The van der Waals surface area contributed by atoms with Gasteiger partial charge in [0, 0.05) is 45.0 Å². The second kappa shape index (κ2) is 7.06. The van der Waals surface area contributed by atoms with Gasteiger partial charge in [0.15, 0.2) is 5.96 Å². The van der Waals surface area contributed by atoms with Gasteiger partial charge in [0.2, 0.25) is 0 Å². The molecular formula is C20H29N5. The van der Waals surface area contributed by atoms with Crippen molar-refractivity contribution in [1.82, 2.24) is 19.6 Å². The number of pyridine rings is 1. The van der Waals surface area contributed by atoms with Crippen LogP contribution in [0, 0.1) is 5.41 Å². The van der Waals surface area contributed by atoms with Gasteiger partial charge in [-0.2, -0.15) is 0 Å². The molecule has 1 spiro atoms. The van der Waals surface area contributed by atoms with E-state index in [1.807, 2.05) is 24.4 Å². The Morgan fingerprint density at radius 1 is 1.28 bits per heavy atom. The lowest BCUT2D eigenvalue weighted by atomic mass is 9.86. The number of hydrogen-bond acceptors (Lipinski definition) is 2. The first kappa shape index (κ1) is 16.4. The van der Waals surface area contributed by atoms with Gasteiger partial charge in [-0.15, -0.1) is 0 Å². The molecule has 0 aromatic carbocycles. The van der Waals surface area contributed by atoms with Crippen LogP contribution in [0.2, 0.25) is 0 Å². The Labute approximate surface area is 150 Å². The fourth-order valence-electron chi connectivity index (χ4n) is 4.46. The van der Waals surface area contributed by atoms with E-state index >= 15 is 0 Å². The molecule has 4 rings (SSSR count). The average Bonchev–Trinajstić information content (AvgIpc) is 3.35. The maximum Gasteiger partial charge on any atom is 0.193 e. The van der Waals surface area contributed by atoms with Crippen LogP contribution in [0.15, 0.2) is 35.6 Å². The topological polar surface area (TPSA) is 44.9 Å². The lowest BCUT2D eigenvalue weighted by molar-refractivity contribution is 0.309. The third kappa shape index (κ3) is 3.51. The minimum Gasteiger partial charge on any atom is -0.357 e. The van der Waals surface area contributed by atoms with Crippen molar-refractivity contribution in [3.63, 3.8) is 0 Å². The summed E-state index contributed by atoms with van der Waals surface area (Å²) < 4.78 is 2.08. The van der Waals surface area contributed by atoms with E-state index in [1.165, 1.54) is 38.6 Å². The van der Waals surface area contributed by atoms with Crippen LogP contribution in [0.1, 0.15) is 44.7 Å². The number of rotatable bonds is 4. The van der Waals surface area contributed by atoms with Crippen molar-refractivity contribution in [1.29, 1.82) is 0 Å². The Morgan fingerprint density at radius 3 is 2.96 bits per heavy atom. The van der Waals surface area contributed by atoms with E-state index in [2.05, 4.69) is 32.7 Å². The van der Waals surface area contributed by atoms with Gasteiger partial charge in [-0.1, -0.05) is 18.9 Å².